The van der Waals surface area contributed by atoms with Gasteiger partial charge in [-0.25, -0.2) is 9.59 Å². The van der Waals surface area contributed by atoms with Gasteiger partial charge in [-0.3, -0.25) is 0 Å². The van der Waals surface area contributed by atoms with Gasteiger partial charge < -0.3 is 14.9 Å². The van der Waals surface area contributed by atoms with E-state index in [1.807, 2.05) is 0 Å². The third kappa shape index (κ3) is 5.09. The molecule has 2 N–H and O–H groups in total. The fourth-order valence-electron chi connectivity index (χ4n) is 0.793. The van der Waals surface area contributed by atoms with Crippen molar-refractivity contribution in [3.05, 3.63) is 24.8 Å². The van der Waals surface area contributed by atoms with E-state index in [0.29, 0.717) is 6.42 Å². The maximum Gasteiger partial charge on any atom is 0.343 e. The van der Waals surface area contributed by atoms with Crippen LogP contribution < -0.4 is 0 Å². The third-order valence-corrected chi connectivity index (χ3v) is 1.66. The molecule has 0 saturated carbocycles. The van der Waals surface area contributed by atoms with Gasteiger partial charge in [-0.05, 0) is 12.8 Å². The summed E-state index contributed by atoms with van der Waals surface area (Å²) in [6.45, 7) is 6.33. The SMILES string of the molecule is C=CC(=O)OC(=O)C(=C)C(O)CCCO. The minimum atomic E-state index is -1.11. The van der Waals surface area contributed by atoms with E-state index in [2.05, 4.69) is 17.9 Å². The lowest BCUT2D eigenvalue weighted by Gasteiger charge is -2.10. The Hall–Kier alpha value is -1.46. The molecule has 5 nitrogen and oxygen atoms in total. The smallest absolute Gasteiger partial charge is 0.343 e. The largest absolute Gasteiger partial charge is 0.396 e. The zero-order chi connectivity index (χ0) is 11.8. The summed E-state index contributed by atoms with van der Waals surface area (Å²) in [6, 6.07) is 0. The van der Waals surface area contributed by atoms with Crippen LogP contribution in [0.1, 0.15) is 12.8 Å². The normalized spacial score (nSPS) is 11.6. The van der Waals surface area contributed by atoms with Crippen molar-refractivity contribution in [3.8, 4) is 0 Å². The molecule has 0 aromatic carbocycles. The second-order valence-corrected chi connectivity index (χ2v) is 2.82. The highest BCUT2D eigenvalue weighted by molar-refractivity contribution is 5.99. The number of carbonyl (C=O) groups excluding carboxylic acids is 2. The quantitative estimate of drug-likeness (QED) is 0.367. The highest BCUT2D eigenvalue weighted by Crippen LogP contribution is 2.08. The molecule has 0 saturated heterocycles. The Morgan fingerprint density at radius 3 is 2.53 bits per heavy atom. The summed E-state index contributed by atoms with van der Waals surface area (Å²) in [5.41, 5.74) is -0.210. The van der Waals surface area contributed by atoms with Gasteiger partial charge in [0.15, 0.2) is 0 Å². The van der Waals surface area contributed by atoms with E-state index >= 15 is 0 Å². The summed E-state index contributed by atoms with van der Waals surface area (Å²) in [7, 11) is 0. The number of hydrogen-bond acceptors (Lipinski definition) is 5. The van der Waals surface area contributed by atoms with E-state index in [9.17, 15) is 14.7 Å². The topological polar surface area (TPSA) is 83.8 Å². The lowest BCUT2D eigenvalue weighted by atomic mass is 10.1. The number of ether oxygens (including phenoxy) is 1. The molecule has 1 unspecified atom stereocenters. The molecule has 0 amide bonds. The van der Waals surface area contributed by atoms with Crippen molar-refractivity contribution >= 4 is 11.9 Å². The Balaban J connectivity index is 4.13. The Kier molecular flexibility index (Phi) is 6.24. The molecule has 1 atom stereocenters. The fraction of sp³-hybridized carbons (Fsp3) is 0.400. The first kappa shape index (κ1) is 13.5. The lowest BCUT2D eigenvalue weighted by molar-refractivity contribution is -0.153. The van der Waals surface area contributed by atoms with E-state index in [4.69, 9.17) is 5.11 Å². The maximum atomic E-state index is 11.1. The van der Waals surface area contributed by atoms with Gasteiger partial charge in [-0.15, -0.1) is 0 Å². The minimum Gasteiger partial charge on any atom is -0.396 e. The molecular formula is C10H14O5. The van der Waals surface area contributed by atoms with Crippen LogP contribution in [0, 0.1) is 0 Å². The van der Waals surface area contributed by atoms with Gasteiger partial charge in [0.05, 0.1) is 11.7 Å². The van der Waals surface area contributed by atoms with E-state index in [-0.39, 0.29) is 18.6 Å². The maximum absolute atomic E-state index is 11.1. The molecule has 0 spiro atoms. The Morgan fingerprint density at radius 1 is 1.47 bits per heavy atom. The summed E-state index contributed by atoms with van der Waals surface area (Å²) in [6.07, 6.45) is 0.253. The molecule has 0 aliphatic carbocycles. The van der Waals surface area contributed by atoms with Gasteiger partial charge in [0.1, 0.15) is 0 Å². The molecule has 15 heavy (non-hydrogen) atoms. The Labute approximate surface area is 87.7 Å². The van der Waals surface area contributed by atoms with Crippen molar-refractivity contribution in [2.45, 2.75) is 18.9 Å². The van der Waals surface area contributed by atoms with Crippen molar-refractivity contribution in [1.82, 2.24) is 0 Å². The third-order valence-electron chi connectivity index (χ3n) is 1.66. The lowest BCUT2D eigenvalue weighted by Crippen LogP contribution is -2.21. The molecular weight excluding hydrogens is 200 g/mol. The molecule has 0 aromatic heterocycles. The van der Waals surface area contributed by atoms with Crippen LogP contribution in [-0.4, -0.2) is 34.9 Å². The molecule has 5 heteroatoms. The number of esters is 2. The van der Waals surface area contributed by atoms with Crippen LogP contribution >= 0.6 is 0 Å². The molecule has 0 fully saturated rings. The molecule has 0 aliphatic heterocycles. The zero-order valence-electron chi connectivity index (χ0n) is 8.31. The van der Waals surface area contributed by atoms with Crippen LogP contribution in [0.5, 0.6) is 0 Å². The fourth-order valence-corrected chi connectivity index (χ4v) is 0.793. The van der Waals surface area contributed by atoms with Crippen molar-refractivity contribution in [2.75, 3.05) is 6.61 Å². The van der Waals surface area contributed by atoms with Crippen LogP contribution in [0.3, 0.4) is 0 Å². The molecule has 0 radical (unpaired) electrons. The van der Waals surface area contributed by atoms with Gasteiger partial charge in [0.2, 0.25) is 0 Å². The van der Waals surface area contributed by atoms with Crippen molar-refractivity contribution in [1.29, 1.82) is 0 Å². The number of aliphatic hydroxyl groups excluding tert-OH is 2. The summed E-state index contributed by atoms with van der Waals surface area (Å²) in [5.74, 6) is -1.87. The van der Waals surface area contributed by atoms with Gasteiger partial charge >= 0.3 is 11.9 Å². The number of rotatable bonds is 6. The van der Waals surface area contributed by atoms with Crippen LogP contribution in [-0.2, 0) is 14.3 Å². The van der Waals surface area contributed by atoms with Gasteiger partial charge in [-0.1, -0.05) is 13.2 Å². The summed E-state index contributed by atoms with van der Waals surface area (Å²) in [4.78, 5) is 21.7. The van der Waals surface area contributed by atoms with Crippen molar-refractivity contribution < 1.29 is 24.5 Å². The van der Waals surface area contributed by atoms with E-state index in [0.717, 1.165) is 6.08 Å². The average Bonchev–Trinajstić information content (AvgIpc) is 2.24. The molecule has 84 valence electrons. The predicted molar refractivity (Wildman–Crippen MR) is 52.8 cm³/mol. The minimum absolute atomic E-state index is 0.0923. The highest BCUT2D eigenvalue weighted by Gasteiger charge is 2.19. The molecule has 0 aliphatic rings. The number of carbonyl (C=O) groups is 2. The van der Waals surface area contributed by atoms with Crippen LogP contribution in [0.15, 0.2) is 24.8 Å². The first-order valence-corrected chi connectivity index (χ1v) is 4.39. The van der Waals surface area contributed by atoms with Gasteiger partial charge in [0, 0.05) is 12.7 Å². The van der Waals surface area contributed by atoms with E-state index in [1.54, 1.807) is 0 Å². The van der Waals surface area contributed by atoms with Crippen LogP contribution in [0.4, 0.5) is 0 Å². The second-order valence-electron chi connectivity index (χ2n) is 2.82. The molecule has 0 heterocycles. The molecule has 0 rings (SSSR count). The standard InChI is InChI=1S/C10H14O5/c1-3-9(13)15-10(14)7(2)8(12)5-4-6-11/h3,8,11-12H,1-2,4-6H2. The Bertz CT molecular complexity index is 269. The predicted octanol–water partition coefficient (Wildman–Crippen LogP) is -0.0682. The van der Waals surface area contributed by atoms with E-state index in [1.165, 1.54) is 0 Å². The monoisotopic (exact) mass is 214 g/mol. The first-order chi connectivity index (χ1) is 7.02. The van der Waals surface area contributed by atoms with Gasteiger partial charge in [0.25, 0.3) is 0 Å². The first-order valence-electron chi connectivity index (χ1n) is 4.39. The summed E-state index contributed by atoms with van der Waals surface area (Å²) >= 11 is 0. The van der Waals surface area contributed by atoms with Crippen molar-refractivity contribution in [2.24, 2.45) is 0 Å². The molecule has 0 bridgehead atoms. The number of hydrogen-bond donors (Lipinski definition) is 2. The average molecular weight is 214 g/mol. The highest BCUT2D eigenvalue weighted by atomic mass is 16.6. The molecule has 0 aromatic rings. The Morgan fingerprint density at radius 2 is 2.07 bits per heavy atom. The van der Waals surface area contributed by atoms with E-state index < -0.39 is 18.0 Å². The van der Waals surface area contributed by atoms with Crippen LogP contribution in [0.25, 0.3) is 0 Å². The van der Waals surface area contributed by atoms with Gasteiger partial charge in [-0.2, -0.15) is 0 Å². The van der Waals surface area contributed by atoms with Crippen molar-refractivity contribution in [3.63, 3.8) is 0 Å². The number of aliphatic hydroxyl groups is 2. The second kappa shape index (κ2) is 6.92. The summed E-state index contributed by atoms with van der Waals surface area (Å²) < 4.78 is 4.24. The van der Waals surface area contributed by atoms with Crippen LogP contribution in [0.2, 0.25) is 0 Å². The summed E-state index contributed by atoms with van der Waals surface area (Å²) in [5, 5.41) is 17.9. The zero-order valence-corrected chi connectivity index (χ0v) is 8.31.